The Labute approximate surface area is 159 Å². The molecule has 142 valence electrons. The van der Waals surface area contributed by atoms with E-state index in [-0.39, 0.29) is 5.56 Å². The van der Waals surface area contributed by atoms with Crippen LogP contribution in [0.5, 0.6) is 0 Å². The van der Waals surface area contributed by atoms with Gasteiger partial charge in [0.25, 0.3) is 5.56 Å². The van der Waals surface area contributed by atoms with Crippen LogP contribution in [0.15, 0.2) is 29.1 Å². The Kier molecular flexibility index (Phi) is 4.83. The smallest absolute Gasteiger partial charge is 0.255 e. The number of hydrogen-bond acceptors (Lipinski definition) is 4. The molecular weight excluding hydrogens is 338 g/mol. The first kappa shape index (κ1) is 17.9. The molecule has 0 radical (unpaired) electrons. The van der Waals surface area contributed by atoms with Gasteiger partial charge < -0.3 is 9.55 Å². The molecule has 1 aliphatic rings. The van der Waals surface area contributed by atoms with E-state index in [1.54, 1.807) is 0 Å². The van der Waals surface area contributed by atoms with Crippen molar-refractivity contribution < 1.29 is 0 Å². The number of fused-ring (bicyclic) bond motifs is 2. The first-order chi connectivity index (χ1) is 13.1. The van der Waals surface area contributed by atoms with E-state index in [9.17, 15) is 4.79 Å². The van der Waals surface area contributed by atoms with Gasteiger partial charge in [-0.2, -0.15) is 0 Å². The van der Waals surface area contributed by atoms with E-state index in [0.717, 1.165) is 60.8 Å². The Morgan fingerprint density at radius 2 is 2.04 bits per heavy atom. The third-order valence-corrected chi connectivity index (χ3v) is 5.23. The highest BCUT2D eigenvalue weighted by Gasteiger charge is 2.23. The van der Waals surface area contributed by atoms with Crippen molar-refractivity contribution in [3.8, 4) is 0 Å². The minimum atomic E-state index is 0.0190. The number of benzene rings is 1. The van der Waals surface area contributed by atoms with Crippen LogP contribution in [0.1, 0.15) is 56.1 Å². The molecule has 0 fully saturated rings. The van der Waals surface area contributed by atoms with Crippen molar-refractivity contribution in [3.63, 3.8) is 0 Å². The molecule has 0 amide bonds. The van der Waals surface area contributed by atoms with Gasteiger partial charge in [0.15, 0.2) is 0 Å². The van der Waals surface area contributed by atoms with Crippen molar-refractivity contribution in [2.45, 2.75) is 59.2 Å². The molecule has 6 nitrogen and oxygen atoms in total. The number of aromatic nitrogens is 4. The van der Waals surface area contributed by atoms with E-state index < -0.39 is 0 Å². The second kappa shape index (κ2) is 7.27. The summed E-state index contributed by atoms with van der Waals surface area (Å²) in [5.41, 5.74) is 4.00. The topological polar surface area (TPSA) is 66.8 Å². The average molecular weight is 365 g/mol. The Hall–Kier alpha value is -2.47. The van der Waals surface area contributed by atoms with Gasteiger partial charge in [-0.25, -0.2) is 9.97 Å². The number of H-pyrrole nitrogens is 1. The quantitative estimate of drug-likeness (QED) is 0.754. The van der Waals surface area contributed by atoms with E-state index in [4.69, 9.17) is 4.98 Å². The molecule has 3 heterocycles. The van der Waals surface area contributed by atoms with Gasteiger partial charge in [0.1, 0.15) is 11.6 Å². The number of nitrogens with zero attached hydrogens (tertiary/aromatic N) is 4. The van der Waals surface area contributed by atoms with Gasteiger partial charge in [-0.3, -0.25) is 9.69 Å². The van der Waals surface area contributed by atoms with Crippen LogP contribution in [0.4, 0.5) is 0 Å². The number of rotatable bonds is 5. The number of imidazole rings is 1. The average Bonchev–Trinajstić information content (AvgIpc) is 3.00. The monoisotopic (exact) mass is 365 g/mol. The predicted octanol–water partition coefficient (Wildman–Crippen LogP) is 3.21. The molecule has 1 aromatic carbocycles. The molecule has 27 heavy (non-hydrogen) atoms. The van der Waals surface area contributed by atoms with Gasteiger partial charge in [0.2, 0.25) is 0 Å². The Morgan fingerprint density at radius 3 is 2.81 bits per heavy atom. The van der Waals surface area contributed by atoms with Gasteiger partial charge in [0, 0.05) is 32.0 Å². The third kappa shape index (κ3) is 3.41. The highest BCUT2D eigenvalue weighted by Crippen LogP contribution is 2.23. The summed E-state index contributed by atoms with van der Waals surface area (Å²) in [4.78, 5) is 27.3. The zero-order chi connectivity index (χ0) is 19.0. The molecule has 0 saturated heterocycles. The standard InChI is InChI=1S/C21H27N5O/c1-4-7-19-22-16-10-11-25(12-15(16)21(27)24-19)13-20-23-17-8-5-6-9-18(17)26(20)14(2)3/h5-6,8-9,14H,4,7,10-13H2,1-3H3,(H,22,24,27). The van der Waals surface area contributed by atoms with Crippen LogP contribution in [0.25, 0.3) is 11.0 Å². The van der Waals surface area contributed by atoms with Crippen molar-refractivity contribution in [2.75, 3.05) is 6.54 Å². The van der Waals surface area contributed by atoms with Gasteiger partial charge in [-0.1, -0.05) is 19.1 Å². The first-order valence-electron chi connectivity index (χ1n) is 9.86. The Morgan fingerprint density at radius 1 is 1.22 bits per heavy atom. The Balaban J connectivity index is 1.62. The van der Waals surface area contributed by atoms with Crippen molar-refractivity contribution in [1.82, 2.24) is 24.4 Å². The maximum absolute atomic E-state index is 12.5. The number of para-hydroxylation sites is 2. The molecule has 3 aromatic rings. The van der Waals surface area contributed by atoms with Crippen LogP contribution in [0, 0.1) is 0 Å². The summed E-state index contributed by atoms with van der Waals surface area (Å²) in [6.07, 6.45) is 2.63. The summed E-state index contributed by atoms with van der Waals surface area (Å²) >= 11 is 0. The number of nitrogens with one attached hydrogen (secondary N) is 1. The third-order valence-electron chi connectivity index (χ3n) is 5.23. The summed E-state index contributed by atoms with van der Waals surface area (Å²) in [5, 5.41) is 0. The maximum atomic E-state index is 12.5. The Bertz CT molecular complexity index is 1020. The molecular formula is C21H27N5O. The van der Waals surface area contributed by atoms with Gasteiger partial charge in [-0.05, 0) is 32.4 Å². The summed E-state index contributed by atoms with van der Waals surface area (Å²) in [6, 6.07) is 8.61. The van der Waals surface area contributed by atoms with Crippen LogP contribution in [-0.4, -0.2) is 31.0 Å². The highest BCUT2D eigenvalue weighted by atomic mass is 16.1. The molecule has 0 saturated carbocycles. The first-order valence-corrected chi connectivity index (χ1v) is 9.86. The number of hydrogen-bond donors (Lipinski definition) is 1. The molecule has 1 N–H and O–H groups in total. The van der Waals surface area contributed by atoms with Crippen LogP contribution >= 0.6 is 0 Å². The molecule has 6 heteroatoms. The van der Waals surface area contributed by atoms with Crippen LogP contribution in [-0.2, 0) is 25.9 Å². The zero-order valence-corrected chi connectivity index (χ0v) is 16.3. The minimum absolute atomic E-state index is 0.0190. The van der Waals surface area contributed by atoms with Gasteiger partial charge in [0.05, 0.1) is 28.8 Å². The highest BCUT2D eigenvalue weighted by molar-refractivity contribution is 5.76. The fourth-order valence-electron chi connectivity index (χ4n) is 4.00. The molecule has 0 spiro atoms. The van der Waals surface area contributed by atoms with E-state index in [2.05, 4.69) is 58.4 Å². The summed E-state index contributed by atoms with van der Waals surface area (Å²) in [6.45, 7) is 8.74. The molecule has 4 rings (SSSR count). The lowest BCUT2D eigenvalue weighted by atomic mass is 10.1. The van der Waals surface area contributed by atoms with Gasteiger partial charge >= 0.3 is 0 Å². The minimum Gasteiger partial charge on any atom is -0.324 e. The van der Waals surface area contributed by atoms with Crippen LogP contribution in [0.3, 0.4) is 0 Å². The number of aryl methyl sites for hydroxylation is 1. The maximum Gasteiger partial charge on any atom is 0.255 e. The molecule has 0 bridgehead atoms. The van der Waals surface area contributed by atoms with Crippen LogP contribution < -0.4 is 5.56 Å². The fourth-order valence-corrected chi connectivity index (χ4v) is 4.00. The summed E-state index contributed by atoms with van der Waals surface area (Å²) in [7, 11) is 0. The van der Waals surface area contributed by atoms with Crippen LogP contribution in [0.2, 0.25) is 0 Å². The van der Waals surface area contributed by atoms with Gasteiger partial charge in [-0.15, -0.1) is 0 Å². The summed E-state index contributed by atoms with van der Waals surface area (Å²) < 4.78 is 2.30. The van der Waals surface area contributed by atoms with E-state index in [1.165, 1.54) is 5.52 Å². The van der Waals surface area contributed by atoms with Crippen molar-refractivity contribution >= 4 is 11.0 Å². The molecule has 2 aromatic heterocycles. The van der Waals surface area contributed by atoms with E-state index >= 15 is 0 Å². The molecule has 0 atom stereocenters. The normalized spacial score (nSPS) is 14.8. The lowest BCUT2D eigenvalue weighted by Gasteiger charge is -2.28. The van der Waals surface area contributed by atoms with E-state index in [1.807, 2.05) is 6.07 Å². The second-order valence-electron chi connectivity index (χ2n) is 7.63. The van der Waals surface area contributed by atoms with Crippen molar-refractivity contribution in [2.24, 2.45) is 0 Å². The molecule has 0 aliphatic carbocycles. The van der Waals surface area contributed by atoms with Crippen molar-refractivity contribution in [3.05, 3.63) is 57.5 Å². The summed E-state index contributed by atoms with van der Waals surface area (Å²) in [5.74, 6) is 1.87. The SMILES string of the molecule is CCCc1nc2c(c(=O)[nH]1)CN(Cc1nc3ccccc3n1C(C)C)CC2. The van der Waals surface area contributed by atoms with E-state index in [0.29, 0.717) is 12.6 Å². The fraction of sp³-hybridized carbons (Fsp3) is 0.476. The predicted molar refractivity (Wildman–Crippen MR) is 107 cm³/mol. The lowest BCUT2D eigenvalue weighted by Crippen LogP contribution is -2.36. The molecule has 0 unspecified atom stereocenters. The largest absolute Gasteiger partial charge is 0.324 e. The second-order valence-corrected chi connectivity index (χ2v) is 7.63. The zero-order valence-electron chi connectivity index (χ0n) is 16.3. The lowest BCUT2D eigenvalue weighted by molar-refractivity contribution is 0.231. The van der Waals surface area contributed by atoms with Crippen molar-refractivity contribution in [1.29, 1.82) is 0 Å². The number of aromatic amines is 1. The molecule has 1 aliphatic heterocycles.